The molecule has 0 aromatic rings. The zero-order chi connectivity index (χ0) is 11.2. The van der Waals surface area contributed by atoms with Crippen molar-refractivity contribution in [2.75, 3.05) is 13.2 Å². The minimum absolute atomic E-state index is 0.140. The van der Waals surface area contributed by atoms with Crippen LogP contribution in [0.5, 0.6) is 0 Å². The van der Waals surface area contributed by atoms with Crippen molar-refractivity contribution >= 4 is 5.91 Å². The van der Waals surface area contributed by atoms with E-state index in [4.69, 9.17) is 4.74 Å². The van der Waals surface area contributed by atoms with Gasteiger partial charge in [-0.25, -0.2) is 0 Å². The van der Waals surface area contributed by atoms with E-state index >= 15 is 0 Å². The summed E-state index contributed by atoms with van der Waals surface area (Å²) in [4.78, 5) is 11.1. The molecule has 1 amide bonds. The van der Waals surface area contributed by atoms with Crippen LogP contribution in [0, 0.1) is 5.92 Å². The van der Waals surface area contributed by atoms with Gasteiger partial charge in [0.2, 0.25) is 5.91 Å². The molecule has 0 aliphatic heterocycles. The van der Waals surface area contributed by atoms with E-state index < -0.39 is 0 Å². The van der Waals surface area contributed by atoms with Crippen LogP contribution in [-0.2, 0) is 9.53 Å². The quantitative estimate of drug-likeness (QED) is 0.662. The summed E-state index contributed by atoms with van der Waals surface area (Å²) in [6.07, 6.45) is 1.29. The highest BCUT2D eigenvalue weighted by Gasteiger charge is 2.26. The van der Waals surface area contributed by atoms with Crippen LogP contribution < -0.4 is 5.32 Å². The lowest BCUT2D eigenvalue weighted by Gasteiger charge is -2.32. The summed E-state index contributed by atoms with van der Waals surface area (Å²) >= 11 is 0. The van der Waals surface area contributed by atoms with Crippen molar-refractivity contribution < 1.29 is 9.53 Å². The van der Waals surface area contributed by atoms with Gasteiger partial charge in [-0.15, -0.1) is 0 Å². The number of ether oxygens (including phenoxy) is 1. The third kappa shape index (κ3) is 4.42. The summed E-state index contributed by atoms with van der Waals surface area (Å²) in [6.45, 7) is 12.8. The van der Waals surface area contributed by atoms with Gasteiger partial charge in [0.1, 0.15) is 0 Å². The number of rotatable bonds is 6. The Kier molecular flexibility index (Phi) is 5.46. The van der Waals surface area contributed by atoms with Gasteiger partial charge in [-0.2, -0.15) is 0 Å². The molecule has 0 saturated carbocycles. The Balaban J connectivity index is 4.14. The molecule has 0 radical (unpaired) electrons. The molecule has 0 bridgehead atoms. The zero-order valence-corrected chi connectivity index (χ0v) is 9.59. The van der Waals surface area contributed by atoms with E-state index in [1.807, 2.05) is 20.8 Å². The maximum Gasteiger partial charge on any atom is 0.243 e. The molecule has 1 atom stereocenters. The topological polar surface area (TPSA) is 38.3 Å². The van der Waals surface area contributed by atoms with Gasteiger partial charge >= 0.3 is 0 Å². The van der Waals surface area contributed by atoms with Gasteiger partial charge in [0, 0.05) is 18.1 Å². The molecule has 0 heterocycles. The third-order valence-corrected chi connectivity index (χ3v) is 2.43. The Morgan fingerprint density at radius 1 is 1.64 bits per heavy atom. The van der Waals surface area contributed by atoms with Gasteiger partial charge in [0.05, 0.1) is 6.61 Å². The number of carbonyl (C=O) groups excluding carboxylic acids is 1. The van der Waals surface area contributed by atoms with Crippen LogP contribution in [0.4, 0.5) is 0 Å². The summed E-state index contributed by atoms with van der Waals surface area (Å²) in [5.74, 6) is 0.129. The third-order valence-electron chi connectivity index (χ3n) is 2.43. The summed E-state index contributed by atoms with van der Waals surface area (Å²) in [6, 6.07) is 0. The first-order valence-corrected chi connectivity index (χ1v) is 4.96. The van der Waals surface area contributed by atoms with Crippen LogP contribution in [-0.4, -0.2) is 24.7 Å². The van der Waals surface area contributed by atoms with Crippen molar-refractivity contribution in [3.63, 3.8) is 0 Å². The lowest BCUT2D eigenvalue weighted by atomic mass is 9.89. The van der Waals surface area contributed by atoms with Gasteiger partial charge in [0.15, 0.2) is 0 Å². The second-order valence-corrected chi connectivity index (χ2v) is 3.98. The van der Waals surface area contributed by atoms with Crippen molar-refractivity contribution in [2.24, 2.45) is 5.92 Å². The molecule has 0 aromatic carbocycles. The largest absolute Gasteiger partial charge is 0.381 e. The molecular weight excluding hydrogens is 178 g/mol. The molecule has 0 aliphatic rings. The normalized spacial score (nSPS) is 13.4. The van der Waals surface area contributed by atoms with E-state index in [0.29, 0.717) is 13.2 Å². The summed E-state index contributed by atoms with van der Waals surface area (Å²) in [7, 11) is 0. The van der Waals surface area contributed by atoms with Gasteiger partial charge in [-0.1, -0.05) is 13.5 Å². The molecule has 82 valence electrons. The fourth-order valence-corrected chi connectivity index (χ4v) is 0.995. The highest BCUT2D eigenvalue weighted by Crippen LogP contribution is 2.16. The van der Waals surface area contributed by atoms with E-state index in [2.05, 4.69) is 18.8 Å². The fourth-order valence-electron chi connectivity index (χ4n) is 0.995. The maximum atomic E-state index is 11.1. The SMILES string of the molecule is C=CC(=O)NC(C)(C)C(C)COCC. The predicted octanol–water partition coefficient (Wildman–Crippen LogP) is 1.74. The van der Waals surface area contributed by atoms with Crippen molar-refractivity contribution in [2.45, 2.75) is 33.2 Å². The second-order valence-electron chi connectivity index (χ2n) is 3.98. The molecule has 0 aliphatic carbocycles. The van der Waals surface area contributed by atoms with Gasteiger partial charge in [-0.05, 0) is 26.8 Å². The number of nitrogens with one attached hydrogen (secondary N) is 1. The molecule has 0 aromatic heterocycles. The molecular formula is C11H21NO2. The molecule has 0 fully saturated rings. The van der Waals surface area contributed by atoms with Crippen LogP contribution in [0.1, 0.15) is 27.7 Å². The molecule has 0 rings (SSSR count). The highest BCUT2D eigenvalue weighted by atomic mass is 16.5. The van der Waals surface area contributed by atoms with Gasteiger partial charge in [-0.3, -0.25) is 4.79 Å². The average molecular weight is 199 g/mol. The van der Waals surface area contributed by atoms with E-state index in [1.165, 1.54) is 6.08 Å². The first-order chi connectivity index (χ1) is 6.44. The van der Waals surface area contributed by atoms with Crippen LogP contribution in [0.3, 0.4) is 0 Å². The summed E-state index contributed by atoms with van der Waals surface area (Å²) in [5.41, 5.74) is -0.263. The standard InChI is InChI=1S/C11H21NO2/c1-6-10(13)12-11(4,5)9(3)8-14-7-2/h6,9H,1,7-8H2,2-5H3,(H,12,13). The molecule has 1 unspecified atom stereocenters. The minimum atomic E-state index is -0.263. The Hall–Kier alpha value is -0.830. The average Bonchev–Trinajstić information content (AvgIpc) is 2.13. The second kappa shape index (κ2) is 5.81. The molecule has 1 N–H and O–H groups in total. The Bertz CT molecular complexity index is 199. The Labute approximate surface area is 86.5 Å². The van der Waals surface area contributed by atoms with Crippen LogP contribution in [0.25, 0.3) is 0 Å². The van der Waals surface area contributed by atoms with Crippen molar-refractivity contribution in [3.05, 3.63) is 12.7 Å². The predicted molar refractivity (Wildman–Crippen MR) is 58.1 cm³/mol. The Morgan fingerprint density at radius 3 is 2.64 bits per heavy atom. The summed E-state index contributed by atoms with van der Waals surface area (Å²) < 4.78 is 5.32. The molecule has 3 heteroatoms. The fraction of sp³-hybridized carbons (Fsp3) is 0.727. The lowest BCUT2D eigenvalue weighted by Crippen LogP contribution is -2.49. The van der Waals surface area contributed by atoms with Crippen molar-refractivity contribution in [3.8, 4) is 0 Å². The van der Waals surface area contributed by atoms with E-state index in [0.717, 1.165) is 0 Å². The Morgan fingerprint density at radius 2 is 2.21 bits per heavy atom. The molecule has 0 spiro atoms. The summed E-state index contributed by atoms with van der Waals surface area (Å²) in [5, 5.41) is 2.88. The maximum absolute atomic E-state index is 11.1. The van der Waals surface area contributed by atoms with E-state index in [9.17, 15) is 4.79 Å². The molecule has 0 saturated heterocycles. The van der Waals surface area contributed by atoms with Gasteiger partial charge < -0.3 is 10.1 Å². The molecule has 14 heavy (non-hydrogen) atoms. The number of hydrogen-bond acceptors (Lipinski definition) is 2. The van der Waals surface area contributed by atoms with Crippen molar-refractivity contribution in [1.29, 1.82) is 0 Å². The van der Waals surface area contributed by atoms with E-state index in [-0.39, 0.29) is 17.4 Å². The van der Waals surface area contributed by atoms with Crippen LogP contribution in [0.2, 0.25) is 0 Å². The van der Waals surface area contributed by atoms with Crippen LogP contribution >= 0.6 is 0 Å². The first kappa shape index (κ1) is 13.2. The highest BCUT2D eigenvalue weighted by molar-refractivity contribution is 5.87. The van der Waals surface area contributed by atoms with Crippen LogP contribution in [0.15, 0.2) is 12.7 Å². The number of hydrogen-bond donors (Lipinski definition) is 1. The van der Waals surface area contributed by atoms with E-state index in [1.54, 1.807) is 0 Å². The lowest BCUT2D eigenvalue weighted by molar-refractivity contribution is -0.118. The molecule has 3 nitrogen and oxygen atoms in total. The van der Waals surface area contributed by atoms with Crippen molar-refractivity contribution in [1.82, 2.24) is 5.32 Å². The number of carbonyl (C=O) groups is 1. The number of amides is 1. The smallest absolute Gasteiger partial charge is 0.243 e. The first-order valence-electron chi connectivity index (χ1n) is 4.96. The van der Waals surface area contributed by atoms with Gasteiger partial charge in [0.25, 0.3) is 0 Å². The monoisotopic (exact) mass is 199 g/mol. The minimum Gasteiger partial charge on any atom is -0.381 e. The zero-order valence-electron chi connectivity index (χ0n) is 9.59.